The molecule has 45 heavy (non-hydrogen) atoms. The van der Waals surface area contributed by atoms with Gasteiger partial charge in [0.25, 0.3) is 0 Å². The summed E-state index contributed by atoms with van der Waals surface area (Å²) in [5.41, 5.74) is 0. The standard InChI is InChI=1S/C34H65O10P/c1-3-5-7-9-11-12-13-14-15-16-17-18-20-22-24-26-34(38)44-32(30-43-45(39,40)42-28-31(36)27-35)29-41-33(37)25-23-21-19-10-8-6-4-2/h12-13,31-32,35-36H,3-11,14-30H2,1-2H3,(H,39,40)/b13-12+/t31-,32+/m0/s1. The number of hydrogen-bond donors (Lipinski definition) is 3. The number of phosphoric acid groups is 1. The molecule has 0 heterocycles. The van der Waals surface area contributed by atoms with Gasteiger partial charge in [-0.25, -0.2) is 4.57 Å². The van der Waals surface area contributed by atoms with Crippen molar-refractivity contribution in [1.29, 1.82) is 0 Å². The summed E-state index contributed by atoms with van der Waals surface area (Å²) in [6.07, 6.45) is 24.9. The molecule has 3 N–H and O–H groups in total. The molecule has 0 aromatic carbocycles. The molecule has 0 aliphatic heterocycles. The van der Waals surface area contributed by atoms with E-state index >= 15 is 0 Å². The number of unbranched alkanes of at least 4 members (excludes halogenated alkanes) is 17. The third-order valence-corrected chi connectivity index (χ3v) is 8.37. The molecule has 0 aromatic heterocycles. The zero-order valence-electron chi connectivity index (χ0n) is 28.3. The molecular formula is C34H65O10P. The highest BCUT2D eigenvalue weighted by Crippen LogP contribution is 2.43. The number of rotatable bonds is 33. The lowest BCUT2D eigenvalue weighted by Gasteiger charge is -2.20. The molecule has 10 nitrogen and oxygen atoms in total. The topological polar surface area (TPSA) is 149 Å². The van der Waals surface area contributed by atoms with Gasteiger partial charge in [-0.2, -0.15) is 0 Å². The van der Waals surface area contributed by atoms with Crippen LogP contribution in [0.3, 0.4) is 0 Å². The molecule has 0 spiro atoms. The van der Waals surface area contributed by atoms with Crippen molar-refractivity contribution in [2.45, 2.75) is 167 Å². The zero-order chi connectivity index (χ0) is 33.4. The highest BCUT2D eigenvalue weighted by molar-refractivity contribution is 7.47. The monoisotopic (exact) mass is 664 g/mol. The molecule has 0 radical (unpaired) electrons. The number of aliphatic hydroxyl groups is 2. The van der Waals surface area contributed by atoms with Crippen molar-refractivity contribution in [3.63, 3.8) is 0 Å². The van der Waals surface area contributed by atoms with Crippen LogP contribution in [0.25, 0.3) is 0 Å². The van der Waals surface area contributed by atoms with Crippen molar-refractivity contribution in [2.75, 3.05) is 26.4 Å². The number of hydrogen-bond acceptors (Lipinski definition) is 9. The van der Waals surface area contributed by atoms with E-state index < -0.39 is 51.8 Å². The summed E-state index contributed by atoms with van der Waals surface area (Å²) >= 11 is 0. The van der Waals surface area contributed by atoms with Crippen molar-refractivity contribution < 1.29 is 47.8 Å². The fourth-order valence-corrected chi connectivity index (χ4v) is 5.42. The molecule has 1 unspecified atom stereocenters. The first-order chi connectivity index (χ1) is 21.7. The molecule has 3 atom stereocenters. The van der Waals surface area contributed by atoms with E-state index in [9.17, 15) is 24.2 Å². The van der Waals surface area contributed by atoms with Crippen molar-refractivity contribution >= 4 is 19.8 Å². The van der Waals surface area contributed by atoms with Gasteiger partial charge in [-0.1, -0.05) is 116 Å². The average molecular weight is 665 g/mol. The van der Waals surface area contributed by atoms with Crippen LogP contribution in [-0.4, -0.2) is 65.7 Å². The first-order valence-corrected chi connectivity index (χ1v) is 19.1. The Kier molecular flexibility index (Phi) is 30.4. The Hall–Kier alpha value is -1.29. The van der Waals surface area contributed by atoms with E-state index in [2.05, 4.69) is 30.5 Å². The maximum Gasteiger partial charge on any atom is 0.472 e. The van der Waals surface area contributed by atoms with Gasteiger partial charge < -0.3 is 24.6 Å². The molecule has 266 valence electrons. The summed E-state index contributed by atoms with van der Waals surface area (Å²) in [5.74, 6) is -0.935. The first kappa shape index (κ1) is 43.7. The summed E-state index contributed by atoms with van der Waals surface area (Å²) in [6, 6.07) is 0. The van der Waals surface area contributed by atoms with E-state index in [1.54, 1.807) is 0 Å². The Labute approximate surface area is 273 Å². The van der Waals surface area contributed by atoms with E-state index in [-0.39, 0.29) is 19.4 Å². The lowest BCUT2D eigenvalue weighted by Crippen LogP contribution is -2.29. The number of aliphatic hydroxyl groups excluding tert-OH is 2. The molecule has 0 aromatic rings. The van der Waals surface area contributed by atoms with Gasteiger partial charge in [0.15, 0.2) is 6.10 Å². The fourth-order valence-electron chi connectivity index (χ4n) is 4.63. The Morgan fingerprint density at radius 3 is 1.62 bits per heavy atom. The summed E-state index contributed by atoms with van der Waals surface area (Å²) < 4.78 is 32.4. The molecule has 0 aliphatic carbocycles. The quantitative estimate of drug-likeness (QED) is 0.0272. The summed E-state index contributed by atoms with van der Waals surface area (Å²) in [5, 5.41) is 18.2. The van der Waals surface area contributed by atoms with Crippen LogP contribution in [0.5, 0.6) is 0 Å². The number of esters is 2. The first-order valence-electron chi connectivity index (χ1n) is 17.6. The fraction of sp³-hybridized carbons (Fsp3) is 0.882. The lowest BCUT2D eigenvalue weighted by molar-refractivity contribution is -0.161. The summed E-state index contributed by atoms with van der Waals surface area (Å²) in [7, 11) is -4.60. The Morgan fingerprint density at radius 1 is 0.644 bits per heavy atom. The van der Waals surface area contributed by atoms with Crippen LogP contribution in [0.2, 0.25) is 0 Å². The number of ether oxygens (including phenoxy) is 2. The summed E-state index contributed by atoms with van der Waals surface area (Å²) in [4.78, 5) is 34.6. The van der Waals surface area contributed by atoms with Gasteiger partial charge in [0.05, 0.1) is 19.8 Å². The molecule has 0 saturated heterocycles. The SMILES string of the molecule is CCCCCC/C=C/CCCCCCCCCC(=O)O[C@H](COC(=O)CCCCCCCCC)COP(=O)(O)OC[C@@H](O)CO. The molecule has 0 fully saturated rings. The van der Waals surface area contributed by atoms with Crippen LogP contribution in [0.1, 0.15) is 155 Å². The van der Waals surface area contributed by atoms with Crippen LogP contribution in [0.15, 0.2) is 12.2 Å². The average Bonchev–Trinajstić information content (AvgIpc) is 3.02. The number of phosphoric ester groups is 1. The smallest absolute Gasteiger partial charge is 0.462 e. The predicted octanol–water partition coefficient (Wildman–Crippen LogP) is 8.11. The van der Waals surface area contributed by atoms with Crippen molar-refractivity contribution in [3.05, 3.63) is 12.2 Å². The molecule has 0 saturated carbocycles. The minimum absolute atomic E-state index is 0.182. The van der Waals surface area contributed by atoms with Crippen LogP contribution in [0.4, 0.5) is 0 Å². The van der Waals surface area contributed by atoms with E-state index in [0.29, 0.717) is 12.8 Å². The molecule has 0 rings (SSSR count). The van der Waals surface area contributed by atoms with Gasteiger partial charge in [0.2, 0.25) is 0 Å². The second-order valence-electron chi connectivity index (χ2n) is 11.9. The largest absolute Gasteiger partial charge is 0.472 e. The van der Waals surface area contributed by atoms with Crippen LogP contribution < -0.4 is 0 Å². The molecule has 0 amide bonds. The van der Waals surface area contributed by atoms with Crippen LogP contribution >= 0.6 is 7.82 Å². The maximum atomic E-state index is 12.5. The zero-order valence-corrected chi connectivity index (χ0v) is 29.2. The van der Waals surface area contributed by atoms with E-state index in [0.717, 1.165) is 44.9 Å². The lowest BCUT2D eigenvalue weighted by atomic mass is 10.1. The van der Waals surface area contributed by atoms with Gasteiger partial charge in [0.1, 0.15) is 12.7 Å². The van der Waals surface area contributed by atoms with Crippen LogP contribution in [-0.2, 0) is 32.7 Å². The minimum atomic E-state index is -4.60. The highest BCUT2D eigenvalue weighted by Gasteiger charge is 2.27. The van der Waals surface area contributed by atoms with Crippen molar-refractivity contribution in [2.24, 2.45) is 0 Å². The van der Waals surface area contributed by atoms with Gasteiger partial charge in [0, 0.05) is 12.8 Å². The molecule has 0 aliphatic rings. The predicted molar refractivity (Wildman–Crippen MR) is 178 cm³/mol. The van der Waals surface area contributed by atoms with E-state index in [1.165, 1.54) is 70.6 Å². The number of allylic oxidation sites excluding steroid dienone is 2. The van der Waals surface area contributed by atoms with Crippen molar-refractivity contribution in [1.82, 2.24) is 0 Å². The van der Waals surface area contributed by atoms with Gasteiger partial charge in [-0.05, 0) is 38.5 Å². The van der Waals surface area contributed by atoms with E-state index in [4.69, 9.17) is 19.1 Å². The molecule has 0 bridgehead atoms. The highest BCUT2D eigenvalue weighted by atomic mass is 31.2. The number of carbonyl (C=O) groups excluding carboxylic acids is 2. The van der Waals surface area contributed by atoms with Gasteiger partial charge >= 0.3 is 19.8 Å². The Balaban J connectivity index is 4.35. The van der Waals surface area contributed by atoms with Crippen molar-refractivity contribution in [3.8, 4) is 0 Å². The second-order valence-corrected chi connectivity index (χ2v) is 13.4. The van der Waals surface area contributed by atoms with E-state index in [1.807, 2.05) is 0 Å². The molecule has 11 heteroatoms. The Bertz CT molecular complexity index is 776. The number of carbonyl (C=O) groups is 2. The van der Waals surface area contributed by atoms with Crippen LogP contribution in [0, 0.1) is 0 Å². The normalized spacial score (nSPS) is 14.3. The third-order valence-electron chi connectivity index (χ3n) is 7.42. The third kappa shape index (κ3) is 31.1. The Morgan fingerprint density at radius 2 is 1.09 bits per heavy atom. The molecular weight excluding hydrogens is 599 g/mol. The van der Waals surface area contributed by atoms with Gasteiger partial charge in [-0.3, -0.25) is 18.6 Å². The second kappa shape index (κ2) is 31.3. The maximum absolute atomic E-state index is 12.5. The minimum Gasteiger partial charge on any atom is -0.462 e. The van der Waals surface area contributed by atoms with Gasteiger partial charge in [-0.15, -0.1) is 0 Å². The summed E-state index contributed by atoms with van der Waals surface area (Å²) in [6.45, 7) is 2.29.